The largest absolute Gasteiger partial charge is 0.464 e. The van der Waals surface area contributed by atoms with E-state index in [2.05, 4.69) is 25.0 Å². The zero-order valence-electron chi connectivity index (χ0n) is 20.2. The van der Waals surface area contributed by atoms with Gasteiger partial charge in [-0.2, -0.15) is 13.2 Å². The predicted octanol–water partition coefficient (Wildman–Crippen LogP) is 4.73. The molecule has 3 N–H and O–H groups in total. The molecule has 0 saturated heterocycles. The topological polar surface area (TPSA) is 139 Å². The first kappa shape index (κ1) is 30.1. The van der Waals surface area contributed by atoms with E-state index < -0.39 is 51.7 Å². The van der Waals surface area contributed by atoms with Crippen LogP contribution in [0.3, 0.4) is 0 Å². The molecule has 0 radical (unpaired) electrons. The summed E-state index contributed by atoms with van der Waals surface area (Å²) in [6, 6.07) is 5.80. The first-order valence-electron chi connectivity index (χ1n) is 11.0. The number of benzene rings is 2. The molecule has 0 saturated carbocycles. The second-order valence-corrected chi connectivity index (χ2v) is 11.7. The van der Waals surface area contributed by atoms with Crippen LogP contribution in [0.2, 0.25) is 0 Å². The Hall–Kier alpha value is -3.44. The second kappa shape index (κ2) is 12.2. The minimum absolute atomic E-state index is 0.0378. The van der Waals surface area contributed by atoms with E-state index in [1.807, 2.05) is 6.92 Å². The normalized spacial score (nSPS) is 13.3. The Kier molecular flexibility index (Phi) is 9.39. The van der Waals surface area contributed by atoms with Crippen LogP contribution in [0.15, 0.2) is 57.8 Å². The zero-order chi connectivity index (χ0) is 28.8. The predicted molar refractivity (Wildman–Crippen MR) is 136 cm³/mol. The number of thioether (sulfide) groups is 1. The summed E-state index contributed by atoms with van der Waals surface area (Å²) in [6.45, 7) is 2.75. The number of hydrogen-bond donors (Lipinski definition) is 3. The van der Waals surface area contributed by atoms with Gasteiger partial charge in [-0.1, -0.05) is 42.2 Å². The lowest BCUT2D eigenvalue weighted by Gasteiger charge is -2.34. The van der Waals surface area contributed by atoms with E-state index in [9.17, 15) is 35.6 Å². The van der Waals surface area contributed by atoms with Gasteiger partial charge in [0.2, 0.25) is 5.13 Å². The Morgan fingerprint density at radius 3 is 2.23 bits per heavy atom. The summed E-state index contributed by atoms with van der Waals surface area (Å²) in [4.78, 5) is 25.0. The van der Waals surface area contributed by atoms with E-state index in [1.54, 1.807) is 5.32 Å². The Morgan fingerprint density at radius 2 is 1.67 bits per heavy atom. The van der Waals surface area contributed by atoms with Crippen molar-refractivity contribution in [3.8, 4) is 0 Å². The highest BCUT2D eigenvalue weighted by atomic mass is 32.2. The third kappa shape index (κ3) is 6.96. The number of nitrogens with one attached hydrogen (secondary N) is 3. The fraction of sp³-hybridized carbons (Fsp3) is 0.273. The number of alkyl halides is 3. The molecule has 0 bridgehead atoms. The number of ether oxygens (including phenoxy) is 1. The van der Waals surface area contributed by atoms with Gasteiger partial charge >= 0.3 is 18.2 Å². The van der Waals surface area contributed by atoms with Crippen LogP contribution >= 0.6 is 23.1 Å². The second-order valence-electron chi connectivity index (χ2n) is 7.49. The van der Waals surface area contributed by atoms with Crippen LogP contribution in [0.25, 0.3) is 0 Å². The van der Waals surface area contributed by atoms with Crippen molar-refractivity contribution in [2.75, 3.05) is 22.4 Å². The summed E-state index contributed by atoms with van der Waals surface area (Å²) in [7, 11) is -4.09. The maximum absolute atomic E-state index is 14.3. The third-order valence-corrected chi connectivity index (χ3v) is 8.24. The highest BCUT2D eigenvalue weighted by Crippen LogP contribution is 2.40. The van der Waals surface area contributed by atoms with Crippen LogP contribution in [0.5, 0.6) is 0 Å². The zero-order valence-corrected chi connectivity index (χ0v) is 22.7. The van der Waals surface area contributed by atoms with Crippen LogP contribution in [-0.2, 0) is 25.1 Å². The number of esters is 1. The molecule has 2 amide bonds. The molecule has 0 aliphatic carbocycles. The smallest absolute Gasteiger partial charge is 0.426 e. The van der Waals surface area contributed by atoms with Crippen molar-refractivity contribution >= 4 is 55.9 Å². The molecule has 10 nitrogen and oxygen atoms in total. The molecule has 0 spiro atoms. The lowest BCUT2D eigenvalue weighted by Crippen LogP contribution is -2.62. The van der Waals surface area contributed by atoms with Crippen molar-refractivity contribution in [1.29, 1.82) is 0 Å². The molecule has 17 heteroatoms. The number of carbonyl (C=O) groups is 2. The quantitative estimate of drug-likeness (QED) is 0.171. The van der Waals surface area contributed by atoms with Crippen LogP contribution < -0.4 is 15.4 Å². The Morgan fingerprint density at radius 1 is 1.03 bits per heavy atom. The number of carbonyl (C=O) groups excluding carboxylic acids is 2. The van der Waals surface area contributed by atoms with Gasteiger partial charge in [-0.25, -0.2) is 22.4 Å². The van der Waals surface area contributed by atoms with Crippen molar-refractivity contribution in [1.82, 2.24) is 15.5 Å². The van der Waals surface area contributed by atoms with Crippen molar-refractivity contribution in [2.45, 2.75) is 34.8 Å². The average molecular weight is 608 g/mol. The first-order valence-corrected chi connectivity index (χ1v) is 14.3. The summed E-state index contributed by atoms with van der Waals surface area (Å²) >= 11 is 2.42. The lowest BCUT2D eigenvalue weighted by molar-refractivity contribution is -0.213. The molecule has 39 heavy (non-hydrogen) atoms. The summed E-state index contributed by atoms with van der Waals surface area (Å²) in [5, 5.41) is 11.4. The number of anilines is 2. The molecular weight excluding hydrogens is 586 g/mol. The van der Waals surface area contributed by atoms with Crippen molar-refractivity contribution < 1.29 is 40.3 Å². The number of sulfonamides is 1. The maximum Gasteiger partial charge on any atom is 0.426 e. The minimum atomic E-state index is -5.39. The Labute approximate surface area is 228 Å². The standard InChI is InChI=1S/C22H21F4N5O5S3/c1-3-36-17(32)21(22(24,25)26,13-5-7-14(23)8-6-13)28-18(33)27-15-9-11-16(12-10-15)39(34,35)31-19-29-30-20(38-19)37-4-2/h5-12H,3-4H2,1-2H3,(H,29,31)(H2,27,28,33)/t21-/m1/s1. The van der Waals surface area contributed by atoms with Crippen molar-refractivity contribution in [2.24, 2.45) is 0 Å². The van der Waals surface area contributed by atoms with E-state index in [-0.39, 0.29) is 15.7 Å². The number of nitrogens with zero attached hydrogens (tertiary/aromatic N) is 2. The van der Waals surface area contributed by atoms with E-state index in [0.717, 1.165) is 41.4 Å². The molecule has 210 valence electrons. The number of hydrogen-bond acceptors (Lipinski definition) is 9. The number of aromatic nitrogens is 2. The fourth-order valence-corrected chi connectivity index (χ4v) is 6.07. The molecular formula is C22H21F4N5O5S3. The minimum Gasteiger partial charge on any atom is -0.464 e. The molecule has 1 heterocycles. The summed E-state index contributed by atoms with van der Waals surface area (Å²) in [5.74, 6) is -1.97. The van der Waals surface area contributed by atoms with Gasteiger partial charge in [-0.15, -0.1) is 10.2 Å². The molecule has 1 atom stereocenters. The number of halogens is 4. The van der Waals surface area contributed by atoms with Gasteiger partial charge in [-0.05, 0) is 54.6 Å². The van der Waals surface area contributed by atoms with Crippen molar-refractivity contribution in [3.05, 3.63) is 59.9 Å². The third-order valence-electron chi connectivity index (χ3n) is 4.90. The van der Waals surface area contributed by atoms with E-state index in [1.165, 1.54) is 18.7 Å². The van der Waals surface area contributed by atoms with Gasteiger partial charge in [0.05, 0.1) is 11.5 Å². The summed E-state index contributed by atoms with van der Waals surface area (Å²) in [6.07, 6.45) is -5.39. The number of rotatable bonds is 10. The Bertz CT molecular complexity index is 1420. The van der Waals surface area contributed by atoms with Gasteiger partial charge in [0.25, 0.3) is 15.6 Å². The van der Waals surface area contributed by atoms with Crippen LogP contribution in [0, 0.1) is 5.82 Å². The molecule has 0 unspecified atom stereocenters. The molecule has 0 aliphatic heterocycles. The fourth-order valence-electron chi connectivity index (χ4n) is 3.19. The monoisotopic (exact) mass is 607 g/mol. The molecule has 0 fully saturated rings. The van der Waals surface area contributed by atoms with Gasteiger partial charge < -0.3 is 15.4 Å². The van der Waals surface area contributed by atoms with E-state index in [4.69, 9.17) is 0 Å². The van der Waals surface area contributed by atoms with Gasteiger partial charge in [0.1, 0.15) is 5.82 Å². The molecule has 2 aromatic carbocycles. The number of amides is 2. The maximum atomic E-state index is 14.3. The highest BCUT2D eigenvalue weighted by Gasteiger charge is 2.64. The number of urea groups is 1. The first-order chi connectivity index (χ1) is 18.3. The van der Waals surface area contributed by atoms with Crippen molar-refractivity contribution in [3.63, 3.8) is 0 Å². The van der Waals surface area contributed by atoms with Gasteiger partial charge in [0.15, 0.2) is 4.34 Å². The van der Waals surface area contributed by atoms with Crippen LogP contribution in [0.1, 0.15) is 19.4 Å². The van der Waals surface area contributed by atoms with Crippen LogP contribution in [-0.4, -0.2) is 49.2 Å². The highest BCUT2D eigenvalue weighted by molar-refractivity contribution is 8.01. The summed E-state index contributed by atoms with van der Waals surface area (Å²) in [5.41, 5.74) is -4.54. The molecule has 1 aromatic heterocycles. The molecule has 0 aliphatic rings. The van der Waals surface area contributed by atoms with Gasteiger partial charge in [0, 0.05) is 5.69 Å². The van der Waals surface area contributed by atoms with E-state index >= 15 is 0 Å². The molecule has 3 rings (SSSR count). The van der Waals surface area contributed by atoms with Crippen LogP contribution in [0.4, 0.5) is 33.2 Å². The molecule has 3 aromatic rings. The SMILES string of the molecule is CCOC(=O)[C@](NC(=O)Nc1ccc(S(=O)(=O)Nc2nnc(SCC)s2)cc1)(c1ccc(F)cc1)C(F)(F)F. The Balaban J connectivity index is 1.82. The summed E-state index contributed by atoms with van der Waals surface area (Å²) < 4.78 is 89.1. The lowest BCUT2D eigenvalue weighted by atomic mass is 9.89. The van der Waals surface area contributed by atoms with E-state index in [0.29, 0.717) is 28.6 Å². The average Bonchev–Trinajstić information content (AvgIpc) is 3.29. The van der Waals surface area contributed by atoms with Gasteiger partial charge in [-0.3, -0.25) is 4.72 Å².